The lowest BCUT2D eigenvalue weighted by atomic mass is 10.5. The van der Waals surface area contributed by atoms with Gasteiger partial charge in [-0.2, -0.15) is 0 Å². The van der Waals surface area contributed by atoms with E-state index in [1.54, 1.807) is 10.4 Å². The molecular formula is C11H21Si2. The molecule has 0 N–H and O–H groups in total. The second-order valence-corrected chi connectivity index (χ2v) is 15.9. The Bertz CT molecular complexity index is 231. The predicted octanol–water partition coefficient (Wildman–Crippen LogP) is 3.80. The normalized spacial score (nSPS) is 18.6. The topological polar surface area (TPSA) is 0 Å². The van der Waals surface area contributed by atoms with E-state index in [9.17, 15) is 0 Å². The summed E-state index contributed by atoms with van der Waals surface area (Å²) >= 11 is 0. The maximum atomic E-state index is 3.57. The van der Waals surface area contributed by atoms with Crippen LogP contribution in [0.3, 0.4) is 0 Å². The fraction of sp³-hybridized carbons (Fsp3) is 0.636. The summed E-state index contributed by atoms with van der Waals surface area (Å²) in [5, 5.41) is 3.30. The first-order valence-electron chi connectivity index (χ1n) is 5.05. The van der Waals surface area contributed by atoms with Gasteiger partial charge in [-0.3, -0.25) is 0 Å². The molecule has 0 bridgehead atoms. The average molecular weight is 209 g/mol. The largest absolute Gasteiger partial charge is 0.0810 e. The number of rotatable bonds is 2. The lowest BCUT2D eigenvalue weighted by Crippen LogP contribution is -2.33. The molecule has 0 saturated heterocycles. The van der Waals surface area contributed by atoms with Gasteiger partial charge in [0.2, 0.25) is 0 Å². The van der Waals surface area contributed by atoms with Gasteiger partial charge in [0.15, 0.2) is 0 Å². The van der Waals surface area contributed by atoms with E-state index in [1.165, 1.54) is 0 Å². The summed E-state index contributed by atoms with van der Waals surface area (Å²) in [5.74, 6) is 0. The first-order valence-corrected chi connectivity index (χ1v) is 12.1. The lowest BCUT2D eigenvalue weighted by Gasteiger charge is -2.28. The molecule has 0 fully saturated rings. The van der Waals surface area contributed by atoms with E-state index in [-0.39, 0.29) is 0 Å². The van der Waals surface area contributed by atoms with Crippen LogP contribution in [0.25, 0.3) is 0 Å². The van der Waals surface area contributed by atoms with Crippen molar-refractivity contribution < 1.29 is 0 Å². The third-order valence-electron chi connectivity index (χ3n) is 2.41. The van der Waals surface area contributed by atoms with Gasteiger partial charge in [-0.05, 0) is 12.5 Å². The van der Waals surface area contributed by atoms with E-state index >= 15 is 0 Å². The molecule has 0 saturated carbocycles. The third kappa shape index (κ3) is 2.44. The van der Waals surface area contributed by atoms with Crippen molar-refractivity contribution in [2.24, 2.45) is 0 Å². The van der Waals surface area contributed by atoms with Crippen molar-refractivity contribution >= 4 is 16.1 Å². The molecule has 0 amide bonds. The van der Waals surface area contributed by atoms with Crippen LogP contribution in [0, 0.1) is 6.08 Å². The zero-order valence-corrected chi connectivity index (χ0v) is 11.8. The highest BCUT2D eigenvalue weighted by atomic mass is 28.3. The van der Waals surface area contributed by atoms with Gasteiger partial charge in [-0.25, -0.2) is 0 Å². The first kappa shape index (κ1) is 11.0. The summed E-state index contributed by atoms with van der Waals surface area (Å²) in [4.78, 5) is 0. The van der Waals surface area contributed by atoms with E-state index in [0.29, 0.717) is 0 Å². The monoisotopic (exact) mass is 209 g/mol. The molecule has 0 aromatic heterocycles. The Morgan fingerprint density at radius 2 is 1.54 bits per heavy atom. The van der Waals surface area contributed by atoms with E-state index in [4.69, 9.17) is 0 Å². The standard InChI is InChI=1S/C11H21Si2/c1-12(2,3)10-8-7-9-11(10)13(4,5)6/h8H,7H2,1-6H3. The fourth-order valence-corrected chi connectivity index (χ4v) is 7.15. The minimum atomic E-state index is -1.13. The Morgan fingerprint density at radius 3 is 1.85 bits per heavy atom. The molecule has 0 aliphatic heterocycles. The molecule has 13 heavy (non-hydrogen) atoms. The summed E-state index contributed by atoms with van der Waals surface area (Å²) in [7, 11) is -2.23. The molecule has 0 atom stereocenters. The van der Waals surface area contributed by atoms with Crippen molar-refractivity contribution in [1.82, 2.24) is 0 Å². The van der Waals surface area contributed by atoms with Crippen LogP contribution in [-0.2, 0) is 0 Å². The third-order valence-corrected chi connectivity index (χ3v) is 6.68. The van der Waals surface area contributed by atoms with Gasteiger partial charge in [0.05, 0.1) is 16.1 Å². The molecule has 0 spiro atoms. The Balaban J connectivity index is 2.99. The minimum absolute atomic E-state index is 1.07. The highest BCUT2D eigenvalue weighted by molar-refractivity contribution is 6.92. The van der Waals surface area contributed by atoms with Crippen LogP contribution in [0.1, 0.15) is 6.42 Å². The van der Waals surface area contributed by atoms with Crippen LogP contribution >= 0.6 is 0 Å². The van der Waals surface area contributed by atoms with E-state index in [0.717, 1.165) is 6.42 Å². The van der Waals surface area contributed by atoms with E-state index < -0.39 is 16.1 Å². The second-order valence-electron chi connectivity index (χ2n) is 5.87. The predicted molar refractivity (Wildman–Crippen MR) is 66.1 cm³/mol. The zero-order chi connectivity index (χ0) is 10.3. The number of allylic oxidation sites excluding steroid dienone is 4. The summed E-state index contributed by atoms with van der Waals surface area (Å²) in [6, 6.07) is 0. The Hall–Kier alpha value is -0.0862. The molecule has 2 heteroatoms. The van der Waals surface area contributed by atoms with Crippen molar-refractivity contribution in [2.45, 2.75) is 45.7 Å². The van der Waals surface area contributed by atoms with Crippen molar-refractivity contribution in [3.8, 4) is 0 Å². The number of hydrogen-bond acceptors (Lipinski definition) is 0. The van der Waals surface area contributed by atoms with Crippen LogP contribution in [0.2, 0.25) is 39.3 Å². The molecule has 73 valence electrons. The Labute approximate surface area is 84.8 Å². The second kappa shape index (κ2) is 3.24. The zero-order valence-electron chi connectivity index (χ0n) is 9.78. The van der Waals surface area contributed by atoms with Crippen molar-refractivity contribution in [3.05, 3.63) is 22.5 Å². The minimum Gasteiger partial charge on any atom is -0.0810 e. The van der Waals surface area contributed by atoms with Crippen LogP contribution in [0.15, 0.2) is 16.5 Å². The van der Waals surface area contributed by atoms with Gasteiger partial charge in [-0.15, -0.1) is 0 Å². The molecular weight excluding hydrogens is 188 g/mol. The van der Waals surface area contributed by atoms with Crippen LogP contribution < -0.4 is 0 Å². The van der Waals surface area contributed by atoms with Crippen molar-refractivity contribution in [3.63, 3.8) is 0 Å². The molecule has 0 unspecified atom stereocenters. The molecule has 0 aromatic carbocycles. The SMILES string of the molecule is C[Si](C)(C)C1=[C]CC=C1[Si](C)(C)C. The molecule has 0 heterocycles. The molecule has 1 aliphatic rings. The summed E-state index contributed by atoms with van der Waals surface area (Å²) in [6.45, 7) is 14.6. The van der Waals surface area contributed by atoms with Crippen molar-refractivity contribution in [1.29, 1.82) is 0 Å². The van der Waals surface area contributed by atoms with Gasteiger partial charge in [0, 0.05) is 0 Å². The van der Waals surface area contributed by atoms with Crippen molar-refractivity contribution in [2.75, 3.05) is 0 Å². The van der Waals surface area contributed by atoms with Crippen LogP contribution in [0.5, 0.6) is 0 Å². The van der Waals surface area contributed by atoms with Gasteiger partial charge in [0.1, 0.15) is 0 Å². The number of hydrogen-bond donors (Lipinski definition) is 0. The molecule has 1 aliphatic carbocycles. The maximum Gasteiger partial charge on any atom is 0.0778 e. The quantitative estimate of drug-likeness (QED) is 0.607. The molecule has 1 rings (SSSR count). The Morgan fingerprint density at radius 1 is 1.00 bits per heavy atom. The Kier molecular flexibility index (Phi) is 2.74. The van der Waals surface area contributed by atoms with E-state index in [2.05, 4.69) is 51.4 Å². The van der Waals surface area contributed by atoms with Crippen LogP contribution in [-0.4, -0.2) is 16.1 Å². The maximum absolute atomic E-state index is 3.57. The smallest absolute Gasteiger partial charge is 0.0778 e. The molecule has 1 radical (unpaired) electrons. The summed E-state index contributed by atoms with van der Waals surface area (Å²) in [5.41, 5.74) is 0. The van der Waals surface area contributed by atoms with Crippen LogP contribution in [0.4, 0.5) is 0 Å². The highest BCUT2D eigenvalue weighted by Gasteiger charge is 2.31. The molecule has 0 aromatic rings. The van der Waals surface area contributed by atoms with Gasteiger partial charge >= 0.3 is 0 Å². The summed E-state index contributed by atoms with van der Waals surface area (Å²) in [6.07, 6.45) is 7.06. The average Bonchev–Trinajstić information content (AvgIpc) is 2.27. The van der Waals surface area contributed by atoms with E-state index in [1.807, 2.05) is 0 Å². The first-order chi connectivity index (χ1) is 5.73. The van der Waals surface area contributed by atoms with Gasteiger partial charge in [-0.1, -0.05) is 55.8 Å². The fourth-order valence-electron chi connectivity index (χ4n) is 1.80. The lowest BCUT2D eigenvalue weighted by molar-refractivity contribution is 1.39. The molecule has 0 nitrogen and oxygen atoms in total. The van der Waals surface area contributed by atoms with Gasteiger partial charge < -0.3 is 0 Å². The highest BCUT2D eigenvalue weighted by Crippen LogP contribution is 2.33. The summed E-state index contributed by atoms with van der Waals surface area (Å²) < 4.78 is 0. The van der Waals surface area contributed by atoms with Gasteiger partial charge in [0.25, 0.3) is 0 Å².